The molecule has 3 aliphatic heterocycles. The molecule has 23 heteroatoms. The number of aldehydes is 1. The average molecular weight is 703 g/mol. The van der Waals surface area contributed by atoms with Crippen molar-refractivity contribution in [1.29, 1.82) is 0 Å². The van der Waals surface area contributed by atoms with Crippen molar-refractivity contribution in [2.75, 3.05) is 33.0 Å². The summed E-state index contributed by atoms with van der Waals surface area (Å²) in [6.45, 7) is -3.46. The Morgan fingerprint density at radius 1 is 0.660 bits per heavy atom. The molecule has 0 spiro atoms. The van der Waals surface area contributed by atoms with Crippen LogP contribution in [-0.2, 0) is 23.7 Å². The third kappa shape index (κ3) is 10.9. The van der Waals surface area contributed by atoms with E-state index in [2.05, 4.69) is 4.74 Å². The van der Waals surface area contributed by atoms with Gasteiger partial charge in [0.05, 0.1) is 33.0 Å². The molecular formula is C24H46O23. The molecule has 18 N–H and O–H groups in total. The highest BCUT2D eigenvalue weighted by Crippen LogP contribution is 2.29. The molecule has 0 amide bonds. The summed E-state index contributed by atoms with van der Waals surface area (Å²) in [5.41, 5.74) is 0. The maximum absolute atomic E-state index is 9.94. The van der Waals surface area contributed by atoms with E-state index in [0.29, 0.717) is 0 Å². The van der Waals surface area contributed by atoms with Crippen molar-refractivity contribution in [3.63, 3.8) is 0 Å². The molecular weight excluding hydrogens is 656 g/mol. The number of aliphatic hydroxyl groups is 18. The van der Waals surface area contributed by atoms with E-state index in [1.807, 2.05) is 0 Å². The number of rotatable bonds is 11. The summed E-state index contributed by atoms with van der Waals surface area (Å²) < 4.78 is 19.9. The first kappa shape index (κ1) is 43.8. The minimum absolute atomic E-state index is 0.0258. The first-order valence-corrected chi connectivity index (χ1v) is 13.9. The lowest BCUT2D eigenvalue weighted by molar-refractivity contribution is -0.355. The molecule has 0 aromatic carbocycles. The molecule has 0 aliphatic carbocycles. The Hall–Kier alpha value is -1.21. The lowest BCUT2D eigenvalue weighted by Crippen LogP contribution is -2.64. The average Bonchev–Trinajstić information content (AvgIpc) is 3.30. The van der Waals surface area contributed by atoms with E-state index in [1.54, 1.807) is 0 Å². The van der Waals surface area contributed by atoms with Crippen LogP contribution in [0.3, 0.4) is 0 Å². The Balaban J connectivity index is 0.000000389. The van der Waals surface area contributed by atoms with Gasteiger partial charge in [-0.1, -0.05) is 0 Å². The predicted molar refractivity (Wildman–Crippen MR) is 142 cm³/mol. The molecule has 0 saturated carbocycles. The fraction of sp³-hybridized carbons (Fsp3) is 0.958. The monoisotopic (exact) mass is 702 g/mol. The highest BCUT2D eigenvalue weighted by molar-refractivity contribution is 5.56. The van der Waals surface area contributed by atoms with E-state index in [4.69, 9.17) is 65.3 Å². The molecule has 47 heavy (non-hydrogen) atoms. The van der Waals surface area contributed by atoms with Crippen molar-refractivity contribution in [3.05, 3.63) is 0 Å². The molecule has 0 aromatic rings. The molecule has 3 saturated heterocycles. The smallest absolute Gasteiger partial charge is 0.219 e. The lowest BCUT2D eigenvalue weighted by Gasteiger charge is -2.45. The third-order valence-corrected chi connectivity index (χ3v) is 7.33. The summed E-state index contributed by atoms with van der Waals surface area (Å²) in [5, 5.41) is 165. The Kier molecular flexibility index (Phi) is 18.5. The van der Waals surface area contributed by atoms with E-state index in [-0.39, 0.29) is 6.29 Å². The Labute approximate surface area is 265 Å². The highest BCUT2D eigenvalue weighted by atomic mass is 16.7. The minimum atomic E-state index is -2.16. The van der Waals surface area contributed by atoms with Gasteiger partial charge in [-0.25, -0.2) is 0 Å². The Bertz CT molecular complexity index is 884. The Morgan fingerprint density at radius 3 is 1.64 bits per heavy atom. The van der Waals surface area contributed by atoms with Crippen LogP contribution in [-0.4, -0.2) is 241 Å². The van der Waals surface area contributed by atoms with Crippen LogP contribution < -0.4 is 0 Å². The Morgan fingerprint density at radius 2 is 1.21 bits per heavy atom. The predicted octanol–water partition coefficient (Wildman–Crippen LogP) is -12.0. The van der Waals surface area contributed by atoms with Crippen molar-refractivity contribution in [2.45, 2.75) is 110 Å². The van der Waals surface area contributed by atoms with E-state index in [0.717, 1.165) is 0 Å². The molecule has 3 heterocycles. The second-order valence-electron chi connectivity index (χ2n) is 10.7. The first-order chi connectivity index (χ1) is 21.9. The summed E-state index contributed by atoms with van der Waals surface area (Å²) >= 11 is 0. The van der Waals surface area contributed by atoms with Gasteiger partial charge in [-0.3, -0.25) is 0 Å². The zero-order valence-electron chi connectivity index (χ0n) is 24.5. The number of ether oxygens (including phenoxy) is 4. The van der Waals surface area contributed by atoms with Crippen LogP contribution in [0, 0.1) is 0 Å². The summed E-state index contributed by atoms with van der Waals surface area (Å²) in [7, 11) is 0. The number of hydrogen-bond acceptors (Lipinski definition) is 23. The standard InChI is InChI=1S/C12H22O11.2C6H12O6/c13-1-3-5(15)6(16)9(19)12(22-3)23-10-4(2-14)21-11(20)8(18)7(10)17;7-1-3-4(9)5(10)6(11,2-8)12-3;7-1-3(9)5(11)6(12)4(10)2-8/h3-20H,1-2H2;3-5,7-11H,1-2H2;1,3-6,8-12H,2H2/t3-,4-,5+,6+,7-,8-,9-,10-,11-,12+;3-,4-,5+,6-;3-,4+,5+,6+/m110/s1. The van der Waals surface area contributed by atoms with Crippen LogP contribution in [0.4, 0.5) is 0 Å². The van der Waals surface area contributed by atoms with Gasteiger partial charge >= 0.3 is 0 Å². The van der Waals surface area contributed by atoms with Crippen LogP contribution in [0.25, 0.3) is 0 Å². The van der Waals surface area contributed by atoms with Gasteiger partial charge in [0.25, 0.3) is 0 Å². The largest absolute Gasteiger partial charge is 0.394 e. The van der Waals surface area contributed by atoms with Crippen molar-refractivity contribution >= 4 is 6.29 Å². The van der Waals surface area contributed by atoms with Crippen molar-refractivity contribution in [1.82, 2.24) is 0 Å². The number of hydrogen-bond donors (Lipinski definition) is 18. The zero-order valence-corrected chi connectivity index (χ0v) is 24.5. The molecule has 0 radical (unpaired) electrons. The van der Waals surface area contributed by atoms with Gasteiger partial charge in [0.15, 0.2) is 18.9 Å². The van der Waals surface area contributed by atoms with Gasteiger partial charge in [-0.2, -0.15) is 0 Å². The molecule has 3 aliphatic rings. The topological polar surface area (TPSA) is 418 Å². The molecule has 18 atom stereocenters. The molecule has 3 rings (SSSR count). The maximum atomic E-state index is 9.94. The zero-order chi connectivity index (χ0) is 36.4. The van der Waals surface area contributed by atoms with E-state index < -0.39 is 143 Å². The molecule has 0 bridgehead atoms. The SMILES string of the molecule is O=C[C@H](O)[C@@H](O)[C@H](O)[C@H](O)CO.OC[C@H]1O[C@@H](O[C@H]2[C@H](O)[C@@H](O)[C@H](O)O[C@@H]2CO)[C@H](O)[C@@H](O)[C@H]1O.OC[C@H]1O[C@](O)(CO)[C@@H](O)[C@@H]1O. The maximum Gasteiger partial charge on any atom is 0.219 e. The highest BCUT2D eigenvalue weighted by Gasteiger charge is 2.53. The van der Waals surface area contributed by atoms with Gasteiger partial charge in [-0.15, -0.1) is 0 Å². The number of carbonyl (C=O) groups excluding carboxylic acids is 1. The fourth-order valence-corrected chi connectivity index (χ4v) is 4.34. The van der Waals surface area contributed by atoms with Crippen LogP contribution in [0.5, 0.6) is 0 Å². The van der Waals surface area contributed by atoms with Crippen molar-refractivity contribution in [2.24, 2.45) is 0 Å². The quantitative estimate of drug-likeness (QED) is 0.0888. The molecule has 0 aromatic heterocycles. The molecule has 0 unspecified atom stereocenters. The second kappa shape index (κ2) is 19.8. The summed E-state index contributed by atoms with van der Waals surface area (Å²) in [4.78, 5) is 9.90. The number of aliphatic hydroxyl groups excluding tert-OH is 17. The normalized spacial score (nSPS) is 43.0. The van der Waals surface area contributed by atoms with E-state index >= 15 is 0 Å². The first-order valence-electron chi connectivity index (χ1n) is 13.9. The van der Waals surface area contributed by atoms with E-state index in [1.165, 1.54) is 0 Å². The summed E-state index contributed by atoms with van der Waals surface area (Å²) in [6, 6.07) is 0. The summed E-state index contributed by atoms with van der Waals surface area (Å²) in [5.74, 6) is -2.16. The van der Waals surface area contributed by atoms with Crippen molar-refractivity contribution < 1.29 is 116 Å². The summed E-state index contributed by atoms with van der Waals surface area (Å²) in [6.07, 6.45) is -26.4. The van der Waals surface area contributed by atoms with Crippen LogP contribution in [0.15, 0.2) is 0 Å². The van der Waals surface area contributed by atoms with Gasteiger partial charge < -0.3 is 116 Å². The van der Waals surface area contributed by atoms with Crippen LogP contribution >= 0.6 is 0 Å². The van der Waals surface area contributed by atoms with Crippen molar-refractivity contribution in [3.8, 4) is 0 Å². The van der Waals surface area contributed by atoms with E-state index in [9.17, 15) is 45.6 Å². The lowest BCUT2D eigenvalue weighted by atomic mass is 9.97. The minimum Gasteiger partial charge on any atom is -0.394 e. The molecule has 3 fully saturated rings. The van der Waals surface area contributed by atoms with Gasteiger partial charge in [0.1, 0.15) is 91.6 Å². The second-order valence-corrected chi connectivity index (χ2v) is 10.7. The number of carbonyl (C=O) groups is 1. The van der Waals surface area contributed by atoms with Gasteiger partial charge in [0.2, 0.25) is 5.79 Å². The molecule has 23 nitrogen and oxygen atoms in total. The fourth-order valence-electron chi connectivity index (χ4n) is 4.34. The van der Waals surface area contributed by atoms with Crippen LogP contribution in [0.1, 0.15) is 0 Å². The molecule has 280 valence electrons. The van der Waals surface area contributed by atoms with Gasteiger partial charge in [-0.05, 0) is 0 Å². The third-order valence-electron chi connectivity index (χ3n) is 7.33. The van der Waals surface area contributed by atoms with Crippen LogP contribution in [0.2, 0.25) is 0 Å². The van der Waals surface area contributed by atoms with Gasteiger partial charge in [0, 0.05) is 0 Å².